The van der Waals surface area contributed by atoms with Gasteiger partial charge in [-0.1, -0.05) is 12.2 Å². The number of allylic oxidation sites excluding steroid dienone is 4. The Kier molecular flexibility index (Phi) is 2.57. The highest BCUT2D eigenvalue weighted by molar-refractivity contribution is 6.07. The Morgan fingerprint density at radius 3 is 3.14 bits per heavy atom. The molecule has 3 rings (SSSR count). The van der Waals surface area contributed by atoms with Crippen molar-refractivity contribution in [3.8, 4) is 0 Å². The Morgan fingerprint density at radius 2 is 2.21 bits per heavy atom. The SMILES string of the molecule is C1=CCC2=C3CCNCC3=NC2=C1.Cl. The number of hydrogen-bond acceptors (Lipinski definition) is 2. The van der Waals surface area contributed by atoms with E-state index in [0.29, 0.717) is 0 Å². The van der Waals surface area contributed by atoms with Gasteiger partial charge in [0.05, 0.1) is 11.4 Å². The minimum Gasteiger partial charge on any atom is -0.311 e. The number of halogens is 1. The van der Waals surface area contributed by atoms with Crippen molar-refractivity contribution in [2.24, 2.45) is 4.99 Å². The Balaban J connectivity index is 0.000000750. The fraction of sp³-hybridized carbons (Fsp3) is 0.364. The third kappa shape index (κ3) is 1.35. The number of rotatable bonds is 0. The Bertz CT molecular complexity index is 375. The highest BCUT2D eigenvalue weighted by Gasteiger charge is 2.25. The van der Waals surface area contributed by atoms with Crippen molar-refractivity contribution < 1.29 is 0 Å². The van der Waals surface area contributed by atoms with E-state index in [1.54, 1.807) is 0 Å². The van der Waals surface area contributed by atoms with Gasteiger partial charge in [0.1, 0.15) is 0 Å². The molecule has 2 aliphatic heterocycles. The molecule has 0 atom stereocenters. The molecule has 0 saturated carbocycles. The Labute approximate surface area is 89.9 Å². The number of aliphatic imine (C=N–C) groups is 1. The molecule has 3 aliphatic rings. The van der Waals surface area contributed by atoms with Gasteiger partial charge < -0.3 is 5.32 Å². The number of hydrogen-bond donors (Lipinski definition) is 1. The topological polar surface area (TPSA) is 24.4 Å². The maximum Gasteiger partial charge on any atom is 0.0672 e. The van der Waals surface area contributed by atoms with Crippen LogP contribution in [0.3, 0.4) is 0 Å². The van der Waals surface area contributed by atoms with Gasteiger partial charge in [-0.25, -0.2) is 0 Å². The van der Waals surface area contributed by atoms with Gasteiger partial charge in [-0.05, 0) is 36.6 Å². The lowest BCUT2D eigenvalue weighted by molar-refractivity contribution is 0.732. The molecule has 0 spiro atoms. The maximum absolute atomic E-state index is 4.62. The predicted molar refractivity (Wildman–Crippen MR) is 61.0 cm³/mol. The quantitative estimate of drug-likeness (QED) is 0.647. The second-order valence-electron chi connectivity index (χ2n) is 3.63. The minimum absolute atomic E-state index is 0. The highest BCUT2D eigenvalue weighted by Crippen LogP contribution is 2.33. The molecule has 0 amide bonds. The van der Waals surface area contributed by atoms with Gasteiger partial charge in [-0.2, -0.15) is 0 Å². The second kappa shape index (κ2) is 3.71. The van der Waals surface area contributed by atoms with Crippen molar-refractivity contribution in [3.63, 3.8) is 0 Å². The molecule has 1 saturated heterocycles. The number of piperidine rings is 1. The van der Waals surface area contributed by atoms with E-state index in [0.717, 1.165) is 25.9 Å². The van der Waals surface area contributed by atoms with Crippen LogP contribution in [0, 0.1) is 0 Å². The highest BCUT2D eigenvalue weighted by atomic mass is 35.5. The molecule has 1 aliphatic carbocycles. The first-order valence-electron chi connectivity index (χ1n) is 4.83. The summed E-state index contributed by atoms with van der Waals surface area (Å²) >= 11 is 0. The van der Waals surface area contributed by atoms with Crippen LogP contribution in [0.15, 0.2) is 40.1 Å². The van der Waals surface area contributed by atoms with E-state index in [1.165, 1.54) is 22.6 Å². The summed E-state index contributed by atoms with van der Waals surface area (Å²) in [5.41, 5.74) is 5.46. The number of fused-ring (bicyclic) bond motifs is 2. The Hall–Kier alpha value is -0.860. The van der Waals surface area contributed by atoms with Crippen LogP contribution < -0.4 is 5.32 Å². The standard InChI is InChI=1S/C11H12N2.ClH/c1-2-4-10-8(3-1)9-5-6-12-7-11(9)13-10;/h1-2,4,12H,3,5-7H2;1H. The predicted octanol–water partition coefficient (Wildman–Crippen LogP) is 2.00. The van der Waals surface area contributed by atoms with Crippen molar-refractivity contribution >= 4 is 18.1 Å². The van der Waals surface area contributed by atoms with E-state index in [1.807, 2.05) is 0 Å². The Morgan fingerprint density at radius 1 is 1.29 bits per heavy atom. The first-order chi connectivity index (χ1) is 6.45. The maximum atomic E-state index is 4.62. The zero-order chi connectivity index (χ0) is 8.67. The molecule has 0 radical (unpaired) electrons. The van der Waals surface area contributed by atoms with Crippen molar-refractivity contribution in [2.75, 3.05) is 13.1 Å². The van der Waals surface area contributed by atoms with E-state index in [2.05, 4.69) is 28.5 Å². The zero-order valence-corrected chi connectivity index (χ0v) is 8.73. The first-order valence-corrected chi connectivity index (χ1v) is 4.83. The van der Waals surface area contributed by atoms with Crippen molar-refractivity contribution in [1.29, 1.82) is 0 Å². The molecular weight excluding hydrogens is 196 g/mol. The molecule has 14 heavy (non-hydrogen) atoms. The van der Waals surface area contributed by atoms with Gasteiger partial charge in [-0.3, -0.25) is 4.99 Å². The number of nitrogens with one attached hydrogen (secondary N) is 1. The van der Waals surface area contributed by atoms with E-state index in [9.17, 15) is 0 Å². The average molecular weight is 209 g/mol. The largest absolute Gasteiger partial charge is 0.311 e. The van der Waals surface area contributed by atoms with Gasteiger partial charge >= 0.3 is 0 Å². The average Bonchev–Trinajstić information content (AvgIpc) is 2.56. The van der Waals surface area contributed by atoms with Crippen molar-refractivity contribution in [3.05, 3.63) is 35.1 Å². The summed E-state index contributed by atoms with van der Waals surface area (Å²) in [4.78, 5) is 4.62. The fourth-order valence-corrected chi connectivity index (χ4v) is 2.18. The van der Waals surface area contributed by atoms with E-state index >= 15 is 0 Å². The molecule has 0 bridgehead atoms. The summed E-state index contributed by atoms with van der Waals surface area (Å²) in [7, 11) is 0. The van der Waals surface area contributed by atoms with Gasteiger partial charge in [0.25, 0.3) is 0 Å². The van der Waals surface area contributed by atoms with Gasteiger partial charge in [0.2, 0.25) is 0 Å². The molecule has 74 valence electrons. The fourth-order valence-electron chi connectivity index (χ4n) is 2.18. The van der Waals surface area contributed by atoms with E-state index in [-0.39, 0.29) is 12.4 Å². The summed E-state index contributed by atoms with van der Waals surface area (Å²) < 4.78 is 0. The van der Waals surface area contributed by atoms with Gasteiger partial charge in [0.15, 0.2) is 0 Å². The van der Waals surface area contributed by atoms with Crippen LogP contribution in [-0.2, 0) is 0 Å². The van der Waals surface area contributed by atoms with Crippen LogP contribution in [0.25, 0.3) is 0 Å². The lowest BCUT2D eigenvalue weighted by Gasteiger charge is -2.16. The zero-order valence-electron chi connectivity index (χ0n) is 7.92. The second-order valence-corrected chi connectivity index (χ2v) is 3.63. The normalized spacial score (nSPS) is 23.4. The molecule has 0 aromatic rings. The molecular formula is C11H13ClN2. The summed E-state index contributed by atoms with van der Waals surface area (Å²) in [6.45, 7) is 2.06. The molecule has 2 heterocycles. The monoisotopic (exact) mass is 208 g/mol. The van der Waals surface area contributed by atoms with Crippen LogP contribution in [0.2, 0.25) is 0 Å². The van der Waals surface area contributed by atoms with Crippen LogP contribution in [0.1, 0.15) is 12.8 Å². The molecule has 0 unspecified atom stereocenters. The third-order valence-electron chi connectivity index (χ3n) is 2.83. The lowest BCUT2D eigenvalue weighted by Crippen LogP contribution is -2.31. The van der Waals surface area contributed by atoms with Crippen LogP contribution in [0.4, 0.5) is 0 Å². The van der Waals surface area contributed by atoms with Crippen LogP contribution in [0.5, 0.6) is 0 Å². The first kappa shape index (κ1) is 9.69. The smallest absolute Gasteiger partial charge is 0.0672 e. The summed E-state index contributed by atoms with van der Waals surface area (Å²) in [6.07, 6.45) is 8.67. The third-order valence-corrected chi connectivity index (χ3v) is 2.83. The molecule has 3 heteroatoms. The minimum atomic E-state index is 0. The van der Waals surface area contributed by atoms with Gasteiger partial charge in [-0.15, -0.1) is 12.4 Å². The summed E-state index contributed by atoms with van der Waals surface area (Å²) in [5.74, 6) is 0. The van der Waals surface area contributed by atoms with E-state index < -0.39 is 0 Å². The molecule has 1 fully saturated rings. The molecule has 0 aromatic heterocycles. The molecule has 2 nitrogen and oxygen atoms in total. The van der Waals surface area contributed by atoms with Crippen LogP contribution in [-0.4, -0.2) is 18.8 Å². The van der Waals surface area contributed by atoms with Gasteiger partial charge in [0, 0.05) is 6.54 Å². The van der Waals surface area contributed by atoms with Crippen molar-refractivity contribution in [1.82, 2.24) is 5.32 Å². The van der Waals surface area contributed by atoms with Crippen LogP contribution >= 0.6 is 12.4 Å². The number of nitrogens with zero attached hydrogens (tertiary/aromatic N) is 1. The van der Waals surface area contributed by atoms with Crippen molar-refractivity contribution in [2.45, 2.75) is 12.8 Å². The summed E-state index contributed by atoms with van der Waals surface area (Å²) in [5, 5.41) is 3.35. The molecule has 1 N–H and O–H groups in total. The summed E-state index contributed by atoms with van der Waals surface area (Å²) in [6, 6.07) is 0. The molecule has 0 aromatic carbocycles. The lowest BCUT2D eigenvalue weighted by atomic mass is 9.95. The van der Waals surface area contributed by atoms with E-state index in [4.69, 9.17) is 0 Å².